The molecule has 4 rings (SSSR count). The Kier molecular flexibility index (Phi) is 6.34. The molecule has 0 fully saturated rings. The van der Waals surface area contributed by atoms with E-state index < -0.39 is 11.9 Å². The molecule has 3 aromatic heterocycles. The number of aryl methyl sites for hydroxylation is 1. The third-order valence-corrected chi connectivity index (χ3v) is 5.39. The highest BCUT2D eigenvalue weighted by Gasteiger charge is 2.33. The number of amides is 1. The van der Waals surface area contributed by atoms with Crippen LogP contribution < -0.4 is 5.32 Å². The van der Waals surface area contributed by atoms with Crippen molar-refractivity contribution in [2.24, 2.45) is 0 Å². The molecule has 7 nitrogen and oxygen atoms in total. The summed E-state index contributed by atoms with van der Waals surface area (Å²) < 4.78 is 40.6. The van der Waals surface area contributed by atoms with E-state index in [1.54, 1.807) is 44.3 Å². The number of halogens is 3. The van der Waals surface area contributed by atoms with Crippen LogP contribution in [0.15, 0.2) is 60.9 Å². The Balaban J connectivity index is 1.48. The van der Waals surface area contributed by atoms with E-state index >= 15 is 0 Å². The van der Waals surface area contributed by atoms with Crippen molar-refractivity contribution in [3.05, 3.63) is 83.6 Å². The predicted octanol–water partition coefficient (Wildman–Crippen LogP) is 5.15. The Morgan fingerprint density at radius 1 is 1.03 bits per heavy atom. The Hall–Kier alpha value is -4.52. The zero-order valence-corrected chi connectivity index (χ0v) is 18.8. The number of nitrogens with one attached hydrogen (secondary N) is 1. The lowest BCUT2D eigenvalue weighted by molar-refractivity contribution is -0.141. The molecule has 1 N–H and O–H groups in total. The third-order valence-electron chi connectivity index (χ3n) is 5.39. The van der Waals surface area contributed by atoms with Crippen molar-refractivity contribution in [3.8, 4) is 28.3 Å². The van der Waals surface area contributed by atoms with Crippen molar-refractivity contribution < 1.29 is 18.0 Å². The van der Waals surface area contributed by atoms with Gasteiger partial charge in [0.05, 0.1) is 17.3 Å². The molecule has 0 spiro atoms. The molecule has 1 aromatic carbocycles. The van der Waals surface area contributed by atoms with Crippen molar-refractivity contribution >= 4 is 11.7 Å². The molecule has 0 bridgehead atoms. The molecule has 0 atom stereocenters. The highest BCUT2D eigenvalue weighted by molar-refractivity contribution is 5.90. The van der Waals surface area contributed by atoms with Crippen LogP contribution in [-0.2, 0) is 17.5 Å². The molecule has 10 heteroatoms. The normalized spacial score (nSPS) is 11.2. The van der Waals surface area contributed by atoms with E-state index in [1.807, 2.05) is 12.1 Å². The molecule has 4 aromatic rings. The lowest BCUT2D eigenvalue weighted by Gasteiger charge is -2.09. The van der Waals surface area contributed by atoms with Gasteiger partial charge >= 0.3 is 6.18 Å². The predicted molar refractivity (Wildman–Crippen MR) is 123 cm³/mol. The van der Waals surface area contributed by atoms with Gasteiger partial charge in [0.15, 0.2) is 0 Å². The number of aromatic nitrogens is 4. The SMILES string of the molecule is Cc1nn(CC(=O)Nc2ccc(-c3ccc(C#N)cc3)cn2)c(C)c1-c1ccnc(C(F)(F)F)c1. The zero-order valence-electron chi connectivity index (χ0n) is 18.8. The molecule has 176 valence electrons. The van der Waals surface area contributed by atoms with Crippen LogP contribution in [0.25, 0.3) is 22.3 Å². The summed E-state index contributed by atoms with van der Waals surface area (Å²) >= 11 is 0. The smallest absolute Gasteiger partial charge is 0.309 e. The lowest BCUT2D eigenvalue weighted by atomic mass is 10.0. The van der Waals surface area contributed by atoms with Gasteiger partial charge in [0, 0.05) is 29.2 Å². The maximum absolute atomic E-state index is 13.1. The maximum atomic E-state index is 13.1. The van der Waals surface area contributed by atoms with Crippen molar-refractivity contribution in [2.45, 2.75) is 26.6 Å². The first-order valence-corrected chi connectivity index (χ1v) is 10.5. The number of hydrogen-bond donors (Lipinski definition) is 1. The molecule has 0 aliphatic rings. The third kappa shape index (κ3) is 5.19. The van der Waals surface area contributed by atoms with Crippen molar-refractivity contribution in [1.82, 2.24) is 19.7 Å². The fraction of sp³-hybridized carbons (Fsp3) is 0.160. The second-order valence-electron chi connectivity index (χ2n) is 7.80. The number of hydrogen-bond acceptors (Lipinski definition) is 5. The van der Waals surface area contributed by atoms with Gasteiger partial charge in [-0.05, 0) is 61.4 Å². The highest BCUT2D eigenvalue weighted by Crippen LogP contribution is 2.33. The monoisotopic (exact) mass is 476 g/mol. The number of anilines is 1. The molecule has 35 heavy (non-hydrogen) atoms. The summed E-state index contributed by atoms with van der Waals surface area (Å²) in [7, 11) is 0. The minimum atomic E-state index is -4.56. The summed E-state index contributed by atoms with van der Waals surface area (Å²) in [6, 6.07) is 15.0. The quantitative estimate of drug-likeness (QED) is 0.430. The van der Waals surface area contributed by atoms with Gasteiger partial charge in [0.25, 0.3) is 0 Å². The average Bonchev–Trinajstić information content (AvgIpc) is 3.11. The largest absolute Gasteiger partial charge is 0.433 e. The van der Waals surface area contributed by atoms with E-state index in [0.29, 0.717) is 33.9 Å². The number of pyridine rings is 2. The Labute approximate surface area is 198 Å². The van der Waals surface area contributed by atoms with Crippen molar-refractivity contribution in [2.75, 3.05) is 5.32 Å². The number of alkyl halides is 3. The van der Waals surface area contributed by atoms with Gasteiger partial charge in [0.2, 0.25) is 5.91 Å². The molecular weight excluding hydrogens is 457 g/mol. The van der Waals surface area contributed by atoms with E-state index in [1.165, 1.54) is 10.7 Å². The Morgan fingerprint density at radius 2 is 1.74 bits per heavy atom. The minimum Gasteiger partial charge on any atom is -0.309 e. The van der Waals surface area contributed by atoms with E-state index in [4.69, 9.17) is 5.26 Å². The summed E-state index contributed by atoms with van der Waals surface area (Å²) in [4.78, 5) is 20.3. The second kappa shape index (κ2) is 9.38. The van der Waals surface area contributed by atoms with Gasteiger partial charge in [-0.2, -0.15) is 23.5 Å². The van der Waals surface area contributed by atoms with Gasteiger partial charge in [-0.1, -0.05) is 12.1 Å². The van der Waals surface area contributed by atoms with Crippen LogP contribution in [0.1, 0.15) is 22.6 Å². The topological polar surface area (TPSA) is 96.5 Å². The average molecular weight is 476 g/mol. The molecule has 0 radical (unpaired) electrons. The molecule has 0 unspecified atom stereocenters. The van der Waals surface area contributed by atoms with Crippen LogP contribution in [0.2, 0.25) is 0 Å². The summed E-state index contributed by atoms with van der Waals surface area (Å²) in [5.41, 5.74) is 3.18. The lowest BCUT2D eigenvalue weighted by Crippen LogP contribution is -2.20. The molecule has 3 heterocycles. The Morgan fingerprint density at radius 3 is 2.37 bits per heavy atom. The highest BCUT2D eigenvalue weighted by atomic mass is 19.4. The standard InChI is InChI=1S/C25H19F3N6O/c1-15-24(19-9-10-30-21(11-19)25(26,27)28)16(2)34(33-15)14-23(35)32-22-8-7-20(13-31-22)18-5-3-17(12-29)4-6-18/h3-11,13H,14H2,1-2H3,(H,31,32,35). The van der Waals surface area contributed by atoms with Gasteiger partial charge < -0.3 is 5.32 Å². The molecule has 1 amide bonds. The Bertz CT molecular complexity index is 1420. The van der Waals surface area contributed by atoms with Gasteiger partial charge in [-0.3, -0.25) is 14.5 Å². The molecule has 0 aliphatic carbocycles. The number of rotatable bonds is 5. The van der Waals surface area contributed by atoms with Crippen LogP contribution in [0.4, 0.5) is 19.0 Å². The summed E-state index contributed by atoms with van der Waals surface area (Å²) in [6.07, 6.45) is -1.84. The van der Waals surface area contributed by atoms with Crippen molar-refractivity contribution in [1.29, 1.82) is 5.26 Å². The van der Waals surface area contributed by atoms with Crippen LogP contribution in [0.5, 0.6) is 0 Å². The summed E-state index contributed by atoms with van der Waals surface area (Å²) in [6.45, 7) is 3.23. The van der Waals surface area contributed by atoms with Gasteiger partial charge in [-0.15, -0.1) is 0 Å². The molecular formula is C25H19F3N6O. The number of carbonyl (C=O) groups is 1. The first-order valence-electron chi connectivity index (χ1n) is 10.5. The summed E-state index contributed by atoms with van der Waals surface area (Å²) in [5.74, 6) is -0.0374. The zero-order chi connectivity index (χ0) is 25.2. The maximum Gasteiger partial charge on any atom is 0.433 e. The van der Waals surface area contributed by atoms with Gasteiger partial charge in [0.1, 0.15) is 18.1 Å². The molecule has 0 saturated carbocycles. The second-order valence-corrected chi connectivity index (χ2v) is 7.80. The first-order chi connectivity index (χ1) is 16.7. The minimum absolute atomic E-state index is 0.136. The number of nitriles is 1. The molecule has 0 saturated heterocycles. The van der Waals surface area contributed by atoms with E-state index in [2.05, 4.69) is 26.5 Å². The fourth-order valence-electron chi connectivity index (χ4n) is 3.70. The van der Waals surface area contributed by atoms with Crippen LogP contribution in [0, 0.1) is 25.2 Å². The van der Waals surface area contributed by atoms with Crippen LogP contribution in [-0.4, -0.2) is 25.7 Å². The fourth-order valence-corrected chi connectivity index (χ4v) is 3.70. The van der Waals surface area contributed by atoms with Crippen LogP contribution in [0.3, 0.4) is 0 Å². The number of benzene rings is 1. The van der Waals surface area contributed by atoms with E-state index in [-0.39, 0.29) is 12.5 Å². The van der Waals surface area contributed by atoms with Gasteiger partial charge in [-0.25, -0.2) is 4.98 Å². The first kappa shape index (κ1) is 23.6. The number of carbonyl (C=O) groups excluding carboxylic acids is 1. The number of nitrogens with zero attached hydrogens (tertiary/aromatic N) is 5. The summed E-state index contributed by atoms with van der Waals surface area (Å²) in [5, 5.41) is 15.9. The van der Waals surface area contributed by atoms with Crippen LogP contribution >= 0.6 is 0 Å². The molecule has 0 aliphatic heterocycles. The van der Waals surface area contributed by atoms with Crippen molar-refractivity contribution in [3.63, 3.8) is 0 Å². The van der Waals surface area contributed by atoms with E-state index in [0.717, 1.165) is 23.4 Å². The van der Waals surface area contributed by atoms with E-state index in [9.17, 15) is 18.0 Å².